The fourth-order valence-corrected chi connectivity index (χ4v) is 8.67. The number of rotatable bonds is 20. The Hall–Kier alpha value is -8.39. The molecule has 0 bridgehead atoms. The van der Waals surface area contributed by atoms with Crippen LogP contribution in [0.25, 0.3) is 34.8 Å². The Balaban J connectivity index is 1.15. The van der Waals surface area contributed by atoms with E-state index in [0.717, 1.165) is 24.3 Å². The molecule has 0 unspecified atom stereocenters. The Morgan fingerprint density at radius 3 is 1.84 bits per heavy atom. The monoisotopic (exact) mass is 1160 g/mol. The van der Waals surface area contributed by atoms with Crippen LogP contribution in [-0.2, 0) is 52.3 Å². The first-order chi connectivity index (χ1) is 39.6. The average Bonchev–Trinajstić information content (AvgIpc) is 3.60. The number of ether oxygens (including phenoxy) is 11. The minimum Gasteiger partial charge on any atom is -0.508 e. The highest BCUT2D eigenvalue weighted by molar-refractivity contribution is 5.90. The lowest BCUT2D eigenvalue weighted by atomic mass is 9.98. The number of aliphatic hydroxyl groups is 7. The predicted octanol–water partition coefficient (Wildman–Crippen LogP) is -0.0795. The van der Waals surface area contributed by atoms with Gasteiger partial charge in [-0.2, -0.15) is 0 Å². The van der Waals surface area contributed by atoms with Crippen molar-refractivity contribution in [3.63, 3.8) is 0 Å². The Morgan fingerprint density at radius 2 is 1.19 bits per heavy atom. The van der Waals surface area contributed by atoms with Crippen LogP contribution >= 0.6 is 0 Å². The summed E-state index contributed by atoms with van der Waals surface area (Å²) in [5, 5.41) is 117. The van der Waals surface area contributed by atoms with Crippen molar-refractivity contribution in [2.45, 2.75) is 92.4 Å². The van der Waals surface area contributed by atoms with Crippen molar-refractivity contribution in [3.05, 3.63) is 112 Å². The van der Waals surface area contributed by atoms with Gasteiger partial charge in [0, 0.05) is 29.8 Å². The largest absolute Gasteiger partial charge is 0.508 e. The van der Waals surface area contributed by atoms with Crippen molar-refractivity contribution in [2.75, 3.05) is 34.0 Å². The van der Waals surface area contributed by atoms with Gasteiger partial charge in [0.2, 0.25) is 18.3 Å². The van der Waals surface area contributed by atoms with Gasteiger partial charge in [-0.05, 0) is 77.9 Å². The molecule has 0 aromatic heterocycles. The zero-order chi connectivity index (χ0) is 59.8. The number of carboxylic acid groups (broad SMARTS) is 1. The van der Waals surface area contributed by atoms with Gasteiger partial charge in [-0.3, -0.25) is 14.4 Å². The molecule has 4 heterocycles. The summed E-state index contributed by atoms with van der Waals surface area (Å²) < 4.78 is 68.6. The van der Waals surface area contributed by atoms with E-state index in [0.29, 0.717) is 5.56 Å². The molecular formula is C55H56O28. The third-order valence-corrected chi connectivity index (χ3v) is 13.0. The number of phenolic OH excluding ortho intramolecular Hbond substituents is 3. The minimum absolute atomic E-state index is 0.0111. The number of phenols is 3. The van der Waals surface area contributed by atoms with Crippen molar-refractivity contribution in [2.24, 2.45) is 0 Å². The fourth-order valence-electron chi connectivity index (χ4n) is 8.67. The molecule has 444 valence electrons. The Morgan fingerprint density at radius 1 is 0.602 bits per heavy atom. The highest BCUT2D eigenvalue weighted by atomic mass is 16.8. The van der Waals surface area contributed by atoms with E-state index in [1.807, 2.05) is 0 Å². The second-order valence-corrected chi connectivity index (χ2v) is 18.8. The number of aromatic hydroxyl groups is 3. The first kappa shape index (κ1) is 60.7. The summed E-state index contributed by atoms with van der Waals surface area (Å²) in [6.07, 6.45) is -23.4. The number of esters is 3. The molecule has 3 saturated heterocycles. The zero-order valence-corrected chi connectivity index (χ0v) is 43.6. The van der Waals surface area contributed by atoms with Gasteiger partial charge in [0.05, 0.1) is 26.4 Å². The molecule has 83 heavy (non-hydrogen) atoms. The third-order valence-electron chi connectivity index (χ3n) is 13.0. The lowest BCUT2D eigenvalue weighted by Crippen LogP contribution is -2.64. The summed E-state index contributed by atoms with van der Waals surface area (Å²) in [6, 6.07) is 16.8. The molecule has 0 saturated carbocycles. The quantitative estimate of drug-likeness (QED) is 0.0210. The van der Waals surface area contributed by atoms with Gasteiger partial charge in [0.1, 0.15) is 97.6 Å². The van der Waals surface area contributed by atoms with Crippen LogP contribution in [0.2, 0.25) is 0 Å². The van der Waals surface area contributed by atoms with Crippen molar-refractivity contribution >= 4 is 36.0 Å². The molecule has 4 aliphatic heterocycles. The molecule has 8 rings (SSSR count). The third kappa shape index (κ3) is 14.6. The highest BCUT2D eigenvalue weighted by Gasteiger charge is 2.52. The van der Waals surface area contributed by atoms with E-state index in [2.05, 4.69) is 0 Å². The van der Waals surface area contributed by atoms with E-state index in [1.165, 1.54) is 93.1 Å². The van der Waals surface area contributed by atoms with Gasteiger partial charge >= 0.3 is 23.9 Å². The first-order valence-electron chi connectivity index (χ1n) is 25.0. The number of carbonyl (C=O) groups is 4. The van der Waals surface area contributed by atoms with Crippen LogP contribution in [0.15, 0.2) is 100 Å². The normalized spacial score (nSPS) is 27.2. The molecule has 14 atom stereocenters. The van der Waals surface area contributed by atoms with E-state index in [4.69, 9.17) is 61.6 Å². The van der Waals surface area contributed by atoms with Crippen molar-refractivity contribution < 1.29 is 132 Å². The van der Waals surface area contributed by atoms with E-state index in [1.54, 1.807) is 0 Å². The number of aliphatic carboxylic acids is 1. The standard InChI is InChI=1S/C55H56O28/c1-72-34-15-25(16-35(73-2)44(34)66)6-14-41(63)82-51-43(65)31(59)21-76-54(51)83-52-48(70)46(68)38(22-74-40(62)13-5-24-3-9-27(56)10-4-24)81-55(52)79-36-19-30-32(77-50(36)26-7-11-28(57)12-8-26)17-29(58)18-33(30)78-53-49(71)47(69)45(67)37(80-53)23-75-42(64)20-39(60)61/h3-19,31,37-38,43,45-49,51-57,59,65-71H,20-23H2,1-2H3,(H,60,61)/t31-,37-,38-,43+,45-,46-,47+,48+,49-,51-,52-,53-,54+,55-/m1/s1. The van der Waals surface area contributed by atoms with E-state index >= 15 is 0 Å². The summed E-state index contributed by atoms with van der Waals surface area (Å²) in [5.41, 5.74) is -0.0362. The zero-order valence-electron chi connectivity index (χ0n) is 43.6. The maximum atomic E-state index is 13.5. The second-order valence-electron chi connectivity index (χ2n) is 18.8. The van der Waals surface area contributed by atoms with Crippen LogP contribution in [0.3, 0.4) is 0 Å². The molecule has 0 spiro atoms. The first-order valence-corrected chi connectivity index (χ1v) is 25.0. The molecule has 3 fully saturated rings. The molecule has 28 nitrogen and oxygen atoms in total. The molecule has 28 heteroatoms. The van der Waals surface area contributed by atoms with Gasteiger partial charge < -0.3 is 113 Å². The molecule has 0 radical (unpaired) electrons. The average molecular weight is 1170 g/mol. The number of fused-ring (bicyclic) bond motifs is 1. The van der Waals surface area contributed by atoms with Gasteiger partial charge in [-0.25, -0.2) is 9.59 Å². The summed E-state index contributed by atoms with van der Waals surface area (Å²) in [4.78, 5) is 62.8. The number of carbonyl (C=O) groups excluding carboxylic acids is 3. The molecular weight excluding hydrogens is 1110 g/mol. The SMILES string of the molecule is COc1cc(C=CC(=O)O[C@H]2[C@H](O[C@H]3[C@H](Oc4cc5c(O[C@@H]6O[C@H](COC(=O)CC(=O)O)[C@@H](O)[C@H](O)[C@H]6O)cc(=O)cc-5oc4-c4ccc(O)cc4)O[C@H](COC(=O)C=Cc4ccc(O)cc4)[C@@H](O)[C@@H]3O)OC[C@@H](O)[C@@H]2O)cc(OC)c1O. The Kier molecular flexibility index (Phi) is 19.5. The second kappa shape index (κ2) is 26.7. The van der Waals surface area contributed by atoms with E-state index < -0.39 is 147 Å². The number of carboxylic acids is 1. The van der Waals surface area contributed by atoms with Gasteiger partial charge in [0.15, 0.2) is 46.9 Å². The summed E-state index contributed by atoms with van der Waals surface area (Å²) in [5.74, 6) is -6.79. The number of hydrogen-bond donors (Lipinski definition) is 11. The molecule has 11 N–H and O–H groups in total. The van der Waals surface area contributed by atoms with Crippen LogP contribution in [0.5, 0.6) is 40.2 Å². The molecule has 3 aromatic rings. The number of methoxy groups -OCH3 is 2. The van der Waals surface area contributed by atoms with Gasteiger partial charge in [-0.15, -0.1) is 0 Å². The van der Waals surface area contributed by atoms with E-state index in [-0.39, 0.29) is 62.7 Å². The van der Waals surface area contributed by atoms with Crippen molar-refractivity contribution in [3.8, 4) is 62.9 Å². The van der Waals surface area contributed by atoms with Crippen LogP contribution in [-0.4, -0.2) is 200 Å². The topological polar surface area (TPSA) is 423 Å². The Bertz CT molecular complexity index is 3150. The van der Waals surface area contributed by atoms with Crippen molar-refractivity contribution in [1.29, 1.82) is 0 Å². The fraction of sp³-hybridized carbons (Fsp3) is 0.364. The Labute approximate surface area is 468 Å². The lowest BCUT2D eigenvalue weighted by molar-refractivity contribution is -0.345. The minimum atomic E-state index is -2.13. The number of hydrogen-bond acceptors (Lipinski definition) is 27. The van der Waals surface area contributed by atoms with Crippen LogP contribution in [0.1, 0.15) is 17.5 Å². The summed E-state index contributed by atoms with van der Waals surface area (Å²) in [7, 11) is 2.56. The molecule has 1 aliphatic carbocycles. The molecule has 0 amide bonds. The number of benzene rings is 4. The highest BCUT2D eigenvalue weighted by Crippen LogP contribution is 2.44. The lowest BCUT2D eigenvalue weighted by Gasteiger charge is -2.45. The van der Waals surface area contributed by atoms with Gasteiger partial charge in [-0.1, -0.05) is 12.1 Å². The molecule has 5 aliphatic rings. The summed E-state index contributed by atoms with van der Waals surface area (Å²) in [6.45, 7) is -2.26. The maximum absolute atomic E-state index is 13.5. The van der Waals surface area contributed by atoms with Crippen molar-refractivity contribution in [1.82, 2.24) is 0 Å². The number of aliphatic hydroxyl groups excluding tert-OH is 7. The van der Waals surface area contributed by atoms with Crippen LogP contribution in [0.4, 0.5) is 0 Å². The molecule has 3 aromatic carbocycles. The maximum Gasteiger partial charge on any atom is 0.331 e. The van der Waals surface area contributed by atoms with E-state index in [9.17, 15) is 75.0 Å². The van der Waals surface area contributed by atoms with Crippen LogP contribution in [0, 0.1) is 0 Å². The van der Waals surface area contributed by atoms with Crippen LogP contribution < -0.4 is 24.4 Å². The smallest absolute Gasteiger partial charge is 0.331 e. The summed E-state index contributed by atoms with van der Waals surface area (Å²) >= 11 is 0. The predicted molar refractivity (Wildman–Crippen MR) is 275 cm³/mol. The van der Waals surface area contributed by atoms with Gasteiger partial charge in [0.25, 0.3) is 0 Å².